The number of methoxy groups -OCH3 is 2. The summed E-state index contributed by atoms with van der Waals surface area (Å²) in [6.45, 7) is 0. The minimum absolute atomic E-state index is 0.310. The minimum atomic E-state index is -0.533. The third-order valence-electron chi connectivity index (χ3n) is 4.26. The summed E-state index contributed by atoms with van der Waals surface area (Å²) in [5.41, 5.74) is 2.37. The molecule has 3 rings (SSSR count). The first-order valence-electron chi connectivity index (χ1n) is 8.95. The van der Waals surface area contributed by atoms with Crippen LogP contribution in [0.3, 0.4) is 0 Å². The quantitative estimate of drug-likeness (QED) is 0.224. The van der Waals surface area contributed by atoms with E-state index in [9.17, 15) is 10.1 Å². The Bertz CT molecular complexity index is 1090. The van der Waals surface area contributed by atoms with E-state index >= 15 is 0 Å². The standard InChI is InChI=1S/C24H18ClNO4/c1-28-22-12-18(13-23(14-22)29-2)24(27)30-21-9-3-16(4-10-21)11-19(15-26)17-5-7-20(25)8-6-17/h3-14H,1-2H3/b19-11-. The molecule has 30 heavy (non-hydrogen) atoms. The fourth-order valence-electron chi connectivity index (χ4n) is 2.70. The first kappa shape index (κ1) is 21.0. The Morgan fingerprint density at radius 3 is 2.00 bits per heavy atom. The Labute approximate surface area is 179 Å². The molecule has 0 aromatic heterocycles. The molecule has 6 heteroatoms. The number of hydrogen-bond acceptors (Lipinski definition) is 5. The molecule has 0 spiro atoms. The van der Waals surface area contributed by atoms with Crippen LogP contribution in [0.25, 0.3) is 11.6 Å². The summed E-state index contributed by atoms with van der Waals surface area (Å²) in [6, 6.07) is 20.9. The van der Waals surface area contributed by atoms with Gasteiger partial charge >= 0.3 is 5.97 Å². The van der Waals surface area contributed by atoms with E-state index in [1.807, 2.05) is 0 Å². The number of halogens is 1. The summed E-state index contributed by atoms with van der Waals surface area (Å²) in [5.74, 6) is 0.833. The summed E-state index contributed by atoms with van der Waals surface area (Å²) < 4.78 is 15.8. The van der Waals surface area contributed by atoms with Gasteiger partial charge in [-0.2, -0.15) is 5.26 Å². The highest BCUT2D eigenvalue weighted by atomic mass is 35.5. The van der Waals surface area contributed by atoms with Crippen molar-refractivity contribution in [3.8, 4) is 23.3 Å². The number of nitrogens with zero attached hydrogens (tertiary/aromatic N) is 1. The van der Waals surface area contributed by atoms with E-state index in [1.54, 1.807) is 72.8 Å². The highest BCUT2D eigenvalue weighted by Gasteiger charge is 2.12. The van der Waals surface area contributed by atoms with Gasteiger partial charge in [0, 0.05) is 11.1 Å². The smallest absolute Gasteiger partial charge is 0.343 e. The molecule has 0 heterocycles. The molecule has 5 nitrogen and oxygen atoms in total. The van der Waals surface area contributed by atoms with E-state index < -0.39 is 5.97 Å². The lowest BCUT2D eigenvalue weighted by Gasteiger charge is -2.09. The van der Waals surface area contributed by atoms with Crippen molar-refractivity contribution in [2.24, 2.45) is 0 Å². The van der Waals surface area contributed by atoms with Crippen LogP contribution in [0.5, 0.6) is 17.2 Å². The molecule has 0 radical (unpaired) electrons. The molecule has 0 aliphatic heterocycles. The summed E-state index contributed by atoms with van der Waals surface area (Å²) >= 11 is 5.90. The van der Waals surface area contributed by atoms with Gasteiger partial charge in [-0.3, -0.25) is 0 Å². The first-order chi connectivity index (χ1) is 14.5. The number of rotatable bonds is 6. The lowest BCUT2D eigenvalue weighted by molar-refractivity contribution is 0.0734. The van der Waals surface area contributed by atoms with Crippen LogP contribution in [0.4, 0.5) is 0 Å². The van der Waals surface area contributed by atoms with Gasteiger partial charge in [0.05, 0.1) is 31.4 Å². The molecule has 3 aromatic carbocycles. The van der Waals surface area contributed by atoms with Gasteiger partial charge in [-0.15, -0.1) is 0 Å². The molecule has 0 aliphatic rings. The Morgan fingerprint density at radius 2 is 1.47 bits per heavy atom. The van der Waals surface area contributed by atoms with Crippen LogP contribution in [0.15, 0.2) is 66.7 Å². The van der Waals surface area contributed by atoms with Gasteiger partial charge in [-0.1, -0.05) is 35.9 Å². The molecule has 0 bridgehead atoms. The van der Waals surface area contributed by atoms with E-state index in [0.717, 1.165) is 11.1 Å². The van der Waals surface area contributed by atoms with Gasteiger partial charge in [0.1, 0.15) is 17.2 Å². The molecule has 0 N–H and O–H groups in total. The topological polar surface area (TPSA) is 68.6 Å². The molecule has 0 saturated carbocycles. The lowest BCUT2D eigenvalue weighted by atomic mass is 10.0. The molecule has 0 aliphatic carbocycles. The summed E-state index contributed by atoms with van der Waals surface area (Å²) in [4.78, 5) is 12.5. The normalized spacial score (nSPS) is 10.8. The second-order valence-electron chi connectivity index (χ2n) is 6.24. The molecule has 0 saturated heterocycles. The van der Waals surface area contributed by atoms with Gasteiger partial charge in [-0.25, -0.2) is 4.79 Å². The summed E-state index contributed by atoms with van der Waals surface area (Å²) in [5, 5.41) is 10.1. The van der Waals surface area contributed by atoms with Crippen LogP contribution in [0.1, 0.15) is 21.5 Å². The maximum Gasteiger partial charge on any atom is 0.343 e. The zero-order valence-electron chi connectivity index (χ0n) is 16.4. The Kier molecular flexibility index (Phi) is 6.74. The van der Waals surface area contributed by atoms with E-state index in [1.165, 1.54) is 14.2 Å². The number of nitriles is 1. The second-order valence-corrected chi connectivity index (χ2v) is 6.67. The SMILES string of the molecule is COc1cc(OC)cc(C(=O)Oc2ccc(/C=C(/C#N)c3ccc(Cl)cc3)cc2)c1. The molecule has 0 atom stereocenters. The van der Waals surface area contributed by atoms with Crippen LogP contribution in [-0.2, 0) is 0 Å². The van der Waals surface area contributed by atoms with Gasteiger partial charge in [0.15, 0.2) is 0 Å². The number of ether oxygens (including phenoxy) is 3. The molecule has 3 aromatic rings. The van der Waals surface area contributed by atoms with Crippen molar-refractivity contribution >= 4 is 29.2 Å². The van der Waals surface area contributed by atoms with Crippen molar-refractivity contribution in [3.05, 3.63) is 88.4 Å². The summed E-state index contributed by atoms with van der Waals surface area (Å²) in [7, 11) is 3.02. The molecule has 0 fully saturated rings. The van der Waals surface area contributed by atoms with Gasteiger partial charge < -0.3 is 14.2 Å². The largest absolute Gasteiger partial charge is 0.497 e. The van der Waals surface area contributed by atoms with Gasteiger partial charge in [-0.05, 0) is 53.6 Å². The maximum absolute atomic E-state index is 12.5. The van der Waals surface area contributed by atoms with E-state index in [2.05, 4.69) is 6.07 Å². The third kappa shape index (κ3) is 5.19. The van der Waals surface area contributed by atoms with Crippen molar-refractivity contribution < 1.29 is 19.0 Å². The van der Waals surface area contributed by atoms with Gasteiger partial charge in [0.2, 0.25) is 0 Å². The van der Waals surface area contributed by atoms with Crippen molar-refractivity contribution in [2.45, 2.75) is 0 Å². The Morgan fingerprint density at radius 1 is 0.867 bits per heavy atom. The number of hydrogen-bond donors (Lipinski definition) is 0. The zero-order valence-corrected chi connectivity index (χ0v) is 17.1. The third-order valence-corrected chi connectivity index (χ3v) is 4.52. The first-order valence-corrected chi connectivity index (χ1v) is 9.33. The zero-order chi connectivity index (χ0) is 21.5. The van der Waals surface area contributed by atoms with Crippen LogP contribution in [-0.4, -0.2) is 20.2 Å². The molecule has 150 valence electrons. The van der Waals surface area contributed by atoms with Crippen molar-refractivity contribution in [3.63, 3.8) is 0 Å². The van der Waals surface area contributed by atoms with Crippen molar-refractivity contribution in [2.75, 3.05) is 14.2 Å². The van der Waals surface area contributed by atoms with E-state index in [0.29, 0.717) is 33.4 Å². The highest BCUT2D eigenvalue weighted by molar-refractivity contribution is 6.30. The number of carbonyl (C=O) groups excluding carboxylic acids is 1. The Balaban J connectivity index is 1.76. The van der Waals surface area contributed by atoms with E-state index in [-0.39, 0.29) is 0 Å². The molecule has 0 amide bonds. The fraction of sp³-hybridized carbons (Fsp3) is 0.0833. The van der Waals surface area contributed by atoms with Crippen LogP contribution < -0.4 is 14.2 Å². The molecular formula is C24H18ClNO4. The minimum Gasteiger partial charge on any atom is -0.497 e. The summed E-state index contributed by atoms with van der Waals surface area (Å²) in [6.07, 6.45) is 1.75. The fourth-order valence-corrected chi connectivity index (χ4v) is 2.83. The highest BCUT2D eigenvalue weighted by Crippen LogP contribution is 2.25. The van der Waals surface area contributed by atoms with Crippen molar-refractivity contribution in [1.82, 2.24) is 0 Å². The number of esters is 1. The predicted molar refractivity (Wildman–Crippen MR) is 116 cm³/mol. The second kappa shape index (κ2) is 9.64. The number of benzene rings is 3. The average Bonchev–Trinajstić information content (AvgIpc) is 2.78. The number of allylic oxidation sites excluding steroid dienone is 1. The van der Waals surface area contributed by atoms with E-state index in [4.69, 9.17) is 25.8 Å². The number of carbonyl (C=O) groups is 1. The van der Waals surface area contributed by atoms with Crippen LogP contribution in [0, 0.1) is 11.3 Å². The van der Waals surface area contributed by atoms with Gasteiger partial charge in [0.25, 0.3) is 0 Å². The van der Waals surface area contributed by atoms with Crippen LogP contribution in [0.2, 0.25) is 5.02 Å². The monoisotopic (exact) mass is 419 g/mol. The maximum atomic E-state index is 12.5. The molecular weight excluding hydrogens is 402 g/mol. The van der Waals surface area contributed by atoms with Crippen molar-refractivity contribution in [1.29, 1.82) is 5.26 Å². The predicted octanol–water partition coefficient (Wildman–Crippen LogP) is 5.64. The Hall–Kier alpha value is -3.75. The van der Waals surface area contributed by atoms with Crippen LogP contribution >= 0.6 is 11.6 Å². The lowest BCUT2D eigenvalue weighted by Crippen LogP contribution is -2.09. The molecule has 0 unspecified atom stereocenters. The average molecular weight is 420 g/mol.